The molecule has 2 aliphatic heterocycles. The molecule has 2 atom stereocenters. The molecule has 2 aromatic carbocycles. The first kappa shape index (κ1) is 28.9. The highest BCUT2D eigenvalue weighted by Gasteiger charge is 2.35. The fourth-order valence-corrected chi connectivity index (χ4v) is 4.85. The van der Waals surface area contributed by atoms with Gasteiger partial charge in [-0.25, -0.2) is 0 Å². The molecule has 6 N–H and O–H groups in total. The Labute approximate surface area is 211 Å². The van der Waals surface area contributed by atoms with Crippen molar-refractivity contribution in [3.8, 4) is 11.5 Å². The molecular formula is C24H36Br2N2O4. The number of nitrogens with zero attached hydrogens (tertiary/aromatic N) is 1. The molecule has 4 rings (SSSR count). The van der Waals surface area contributed by atoms with Crippen molar-refractivity contribution in [2.45, 2.75) is 44.3 Å². The maximum atomic E-state index is 10.4. The van der Waals surface area contributed by atoms with Crippen LogP contribution in [0.25, 0.3) is 0 Å². The van der Waals surface area contributed by atoms with Crippen LogP contribution in [-0.4, -0.2) is 52.9 Å². The van der Waals surface area contributed by atoms with Crippen molar-refractivity contribution in [2.75, 3.05) is 26.2 Å². The number of halogens is 2. The SMILES string of the molecule is Br.Br.NC[C@@H]1O[C@H](C2CCN(CCCc3ccccc3)CC2)Cc2c1ccc(O)c2O.O. The second kappa shape index (κ2) is 13.5. The molecule has 2 aliphatic rings. The van der Waals surface area contributed by atoms with E-state index >= 15 is 0 Å². The first-order valence-corrected chi connectivity index (χ1v) is 10.8. The molecule has 2 aromatic rings. The van der Waals surface area contributed by atoms with Gasteiger partial charge in [-0.1, -0.05) is 36.4 Å². The third-order valence-electron chi connectivity index (χ3n) is 6.54. The van der Waals surface area contributed by atoms with Crippen LogP contribution in [0, 0.1) is 5.92 Å². The van der Waals surface area contributed by atoms with Gasteiger partial charge in [0.2, 0.25) is 0 Å². The highest BCUT2D eigenvalue weighted by Crippen LogP contribution is 2.42. The van der Waals surface area contributed by atoms with Gasteiger partial charge in [-0.2, -0.15) is 0 Å². The monoisotopic (exact) mass is 574 g/mol. The number of aromatic hydroxyl groups is 2. The van der Waals surface area contributed by atoms with E-state index < -0.39 is 0 Å². The topological polar surface area (TPSA) is 110 Å². The number of phenolic OH excluding ortho intramolecular Hbond substituents is 2. The molecule has 1 saturated heterocycles. The molecule has 0 bridgehead atoms. The summed E-state index contributed by atoms with van der Waals surface area (Å²) in [6.45, 7) is 3.69. The number of benzene rings is 2. The summed E-state index contributed by atoms with van der Waals surface area (Å²) in [4.78, 5) is 2.56. The van der Waals surface area contributed by atoms with Crippen molar-refractivity contribution in [3.05, 3.63) is 59.2 Å². The number of fused-ring (bicyclic) bond motifs is 1. The standard InChI is InChI=1S/C24H32N2O3.2BrH.H2O/c25-16-23-19-8-9-21(27)24(28)20(19)15-22(29-23)18-10-13-26(14-11-18)12-4-7-17-5-2-1-3-6-17;;;/h1-3,5-6,8-9,18,22-23,27-28H,4,7,10-16,25H2;2*1H;1H2/t22-,23-;;;/m0.../s1. The number of aryl methyl sites for hydroxylation is 1. The predicted molar refractivity (Wildman–Crippen MR) is 138 cm³/mol. The zero-order valence-corrected chi connectivity index (χ0v) is 21.7. The first-order chi connectivity index (χ1) is 14.2. The maximum absolute atomic E-state index is 10.4. The highest BCUT2D eigenvalue weighted by atomic mass is 79.9. The molecule has 0 spiro atoms. The van der Waals surface area contributed by atoms with E-state index in [-0.39, 0.29) is 63.1 Å². The van der Waals surface area contributed by atoms with E-state index in [0.29, 0.717) is 18.9 Å². The molecule has 6 nitrogen and oxygen atoms in total. The Bertz CT molecular complexity index is 817. The van der Waals surface area contributed by atoms with Crippen molar-refractivity contribution in [1.82, 2.24) is 4.90 Å². The lowest BCUT2D eigenvalue weighted by Crippen LogP contribution is -2.42. The van der Waals surface area contributed by atoms with Gasteiger partial charge in [-0.05, 0) is 68.4 Å². The van der Waals surface area contributed by atoms with Gasteiger partial charge in [0.25, 0.3) is 0 Å². The Hall–Kier alpha value is -1.16. The summed E-state index contributed by atoms with van der Waals surface area (Å²) in [5.74, 6) is 0.394. The van der Waals surface area contributed by atoms with Crippen molar-refractivity contribution in [1.29, 1.82) is 0 Å². The zero-order chi connectivity index (χ0) is 20.2. The van der Waals surface area contributed by atoms with E-state index in [9.17, 15) is 10.2 Å². The van der Waals surface area contributed by atoms with Crippen LogP contribution in [0.5, 0.6) is 11.5 Å². The molecule has 2 heterocycles. The average molecular weight is 576 g/mol. The van der Waals surface area contributed by atoms with Crippen LogP contribution in [-0.2, 0) is 17.6 Å². The van der Waals surface area contributed by atoms with Gasteiger partial charge in [-0.3, -0.25) is 0 Å². The number of hydrogen-bond acceptors (Lipinski definition) is 5. The second-order valence-electron chi connectivity index (χ2n) is 8.37. The van der Waals surface area contributed by atoms with E-state index in [1.54, 1.807) is 0 Å². The molecule has 0 aliphatic carbocycles. The lowest BCUT2D eigenvalue weighted by Gasteiger charge is -2.40. The lowest BCUT2D eigenvalue weighted by molar-refractivity contribution is -0.0647. The molecule has 1 fully saturated rings. The maximum Gasteiger partial charge on any atom is 0.161 e. The Morgan fingerprint density at radius 1 is 1.00 bits per heavy atom. The predicted octanol–water partition coefficient (Wildman–Crippen LogP) is 3.71. The fraction of sp³-hybridized carbons (Fsp3) is 0.500. The summed E-state index contributed by atoms with van der Waals surface area (Å²) >= 11 is 0. The summed E-state index contributed by atoms with van der Waals surface area (Å²) in [6, 6.07) is 14.0. The smallest absolute Gasteiger partial charge is 0.161 e. The van der Waals surface area contributed by atoms with Crippen LogP contribution in [0.2, 0.25) is 0 Å². The minimum atomic E-state index is -0.209. The van der Waals surface area contributed by atoms with E-state index in [1.165, 1.54) is 18.1 Å². The Kier molecular flexibility index (Phi) is 12.2. The van der Waals surface area contributed by atoms with Crippen LogP contribution >= 0.6 is 34.0 Å². The van der Waals surface area contributed by atoms with E-state index in [0.717, 1.165) is 50.0 Å². The van der Waals surface area contributed by atoms with Gasteiger partial charge < -0.3 is 31.1 Å². The summed E-state index contributed by atoms with van der Waals surface area (Å²) in [6.07, 6.45) is 5.00. The van der Waals surface area contributed by atoms with Crippen LogP contribution in [0.4, 0.5) is 0 Å². The molecule has 0 saturated carbocycles. The normalized spacial score (nSPS) is 20.9. The molecule has 180 valence electrons. The highest BCUT2D eigenvalue weighted by molar-refractivity contribution is 8.93. The molecule has 0 amide bonds. The Balaban J connectivity index is 0.00000171. The molecule has 0 unspecified atom stereocenters. The number of phenols is 2. The van der Waals surface area contributed by atoms with Crippen LogP contribution in [0.3, 0.4) is 0 Å². The Morgan fingerprint density at radius 2 is 1.69 bits per heavy atom. The molecule has 8 heteroatoms. The van der Waals surface area contributed by atoms with Crippen LogP contribution in [0.15, 0.2) is 42.5 Å². The third kappa shape index (κ3) is 6.68. The number of rotatable bonds is 6. The molecular weight excluding hydrogens is 540 g/mol. The summed E-state index contributed by atoms with van der Waals surface area (Å²) in [7, 11) is 0. The molecule has 32 heavy (non-hydrogen) atoms. The number of ether oxygens (including phenoxy) is 1. The van der Waals surface area contributed by atoms with Gasteiger partial charge in [0.05, 0.1) is 12.2 Å². The van der Waals surface area contributed by atoms with Gasteiger partial charge in [0, 0.05) is 18.5 Å². The summed E-state index contributed by atoms with van der Waals surface area (Å²) in [5.41, 5.74) is 9.08. The van der Waals surface area contributed by atoms with Crippen LogP contribution < -0.4 is 5.73 Å². The van der Waals surface area contributed by atoms with Gasteiger partial charge in [-0.15, -0.1) is 34.0 Å². The fourth-order valence-electron chi connectivity index (χ4n) is 4.85. The zero-order valence-electron chi connectivity index (χ0n) is 18.3. The van der Waals surface area contributed by atoms with E-state index in [1.807, 2.05) is 6.07 Å². The number of nitrogens with two attached hydrogens (primary N) is 1. The van der Waals surface area contributed by atoms with Gasteiger partial charge in [0.1, 0.15) is 0 Å². The lowest BCUT2D eigenvalue weighted by atomic mass is 9.83. The third-order valence-corrected chi connectivity index (χ3v) is 6.54. The van der Waals surface area contributed by atoms with Gasteiger partial charge >= 0.3 is 0 Å². The van der Waals surface area contributed by atoms with Crippen molar-refractivity contribution >= 4 is 34.0 Å². The van der Waals surface area contributed by atoms with Crippen molar-refractivity contribution in [2.24, 2.45) is 11.7 Å². The van der Waals surface area contributed by atoms with Crippen molar-refractivity contribution in [3.63, 3.8) is 0 Å². The second-order valence-corrected chi connectivity index (χ2v) is 8.37. The summed E-state index contributed by atoms with van der Waals surface area (Å²) in [5, 5.41) is 20.3. The number of hydrogen-bond donors (Lipinski definition) is 3. The minimum absolute atomic E-state index is 0. The number of likely N-dealkylation sites (tertiary alicyclic amines) is 1. The largest absolute Gasteiger partial charge is 0.504 e. The van der Waals surface area contributed by atoms with Gasteiger partial charge in [0.15, 0.2) is 11.5 Å². The average Bonchev–Trinajstić information content (AvgIpc) is 2.77. The first-order valence-electron chi connectivity index (χ1n) is 10.8. The summed E-state index contributed by atoms with van der Waals surface area (Å²) < 4.78 is 6.33. The van der Waals surface area contributed by atoms with E-state index in [4.69, 9.17) is 10.5 Å². The molecule has 0 radical (unpaired) electrons. The van der Waals surface area contributed by atoms with E-state index in [2.05, 4.69) is 35.2 Å². The molecule has 0 aromatic heterocycles. The van der Waals surface area contributed by atoms with Crippen molar-refractivity contribution < 1.29 is 20.4 Å². The minimum Gasteiger partial charge on any atom is -0.504 e. The quantitative estimate of drug-likeness (QED) is 0.455. The number of piperidine rings is 1. The van der Waals surface area contributed by atoms with Crippen LogP contribution in [0.1, 0.15) is 42.1 Å². The Morgan fingerprint density at radius 3 is 2.34 bits per heavy atom.